The van der Waals surface area contributed by atoms with Gasteiger partial charge in [0, 0.05) is 19.1 Å². The number of hydrogen-bond acceptors (Lipinski definition) is 5. The summed E-state index contributed by atoms with van der Waals surface area (Å²) >= 11 is 0. The smallest absolute Gasteiger partial charge is 0.234 e. The minimum atomic E-state index is 0.128. The molecule has 5 heteroatoms. The maximum Gasteiger partial charge on any atom is 0.234 e. The Hall–Kier alpha value is -1.36. The quantitative estimate of drug-likeness (QED) is 0.834. The van der Waals surface area contributed by atoms with Crippen LogP contribution in [0.4, 0.5) is 5.82 Å². The fraction of sp³-hybridized carbons (Fsp3) is 0.750. The van der Waals surface area contributed by atoms with Gasteiger partial charge in [0.05, 0.1) is 18.5 Å². The third-order valence-corrected chi connectivity index (χ3v) is 4.06. The van der Waals surface area contributed by atoms with Crippen LogP contribution in [0.2, 0.25) is 0 Å². The van der Waals surface area contributed by atoms with Crippen molar-refractivity contribution >= 4 is 5.82 Å². The molecule has 2 aliphatic rings. The van der Waals surface area contributed by atoms with E-state index in [-0.39, 0.29) is 6.10 Å². The van der Waals surface area contributed by atoms with E-state index < -0.39 is 0 Å². The zero-order valence-electron chi connectivity index (χ0n) is 13.1. The number of anilines is 1. The Morgan fingerprint density at radius 1 is 1.29 bits per heavy atom. The van der Waals surface area contributed by atoms with Crippen LogP contribution in [0.15, 0.2) is 12.4 Å². The molecule has 1 aliphatic heterocycles. The van der Waals surface area contributed by atoms with Crippen molar-refractivity contribution in [3.63, 3.8) is 0 Å². The van der Waals surface area contributed by atoms with Gasteiger partial charge in [-0.3, -0.25) is 4.98 Å². The van der Waals surface area contributed by atoms with Crippen LogP contribution in [-0.2, 0) is 0 Å². The third-order valence-electron chi connectivity index (χ3n) is 4.06. The lowest BCUT2D eigenvalue weighted by atomic mass is 10.2. The van der Waals surface area contributed by atoms with Crippen LogP contribution in [-0.4, -0.2) is 41.7 Å². The van der Waals surface area contributed by atoms with Gasteiger partial charge in [-0.1, -0.05) is 0 Å². The topological polar surface area (TPSA) is 50.3 Å². The van der Waals surface area contributed by atoms with E-state index in [9.17, 15) is 0 Å². The fourth-order valence-electron chi connectivity index (χ4n) is 2.84. The van der Waals surface area contributed by atoms with Gasteiger partial charge in [-0.05, 0) is 52.0 Å². The SMILES string of the molecule is CC(C)Oc1cncc(N(CC2CC2)CC2CCCN2)n1. The van der Waals surface area contributed by atoms with Gasteiger partial charge >= 0.3 is 0 Å². The first-order chi connectivity index (χ1) is 10.2. The molecule has 3 rings (SSSR count). The van der Waals surface area contributed by atoms with E-state index in [4.69, 9.17) is 4.74 Å². The lowest BCUT2D eigenvalue weighted by Crippen LogP contribution is -2.39. The second kappa shape index (κ2) is 6.60. The summed E-state index contributed by atoms with van der Waals surface area (Å²) < 4.78 is 5.68. The second-order valence-electron chi connectivity index (χ2n) is 6.52. The van der Waals surface area contributed by atoms with E-state index in [1.54, 1.807) is 6.20 Å². The van der Waals surface area contributed by atoms with Crippen LogP contribution >= 0.6 is 0 Å². The van der Waals surface area contributed by atoms with Gasteiger partial charge in [-0.2, -0.15) is 4.98 Å². The molecule has 1 N–H and O–H groups in total. The molecule has 0 spiro atoms. The summed E-state index contributed by atoms with van der Waals surface area (Å²) in [6.07, 6.45) is 8.94. The molecular formula is C16H26N4O. The molecule has 21 heavy (non-hydrogen) atoms. The lowest BCUT2D eigenvalue weighted by Gasteiger charge is -2.27. The average molecular weight is 290 g/mol. The largest absolute Gasteiger partial charge is 0.474 e. The zero-order valence-corrected chi connectivity index (χ0v) is 13.1. The molecule has 1 aliphatic carbocycles. The van der Waals surface area contributed by atoms with E-state index in [0.29, 0.717) is 11.9 Å². The minimum absolute atomic E-state index is 0.128. The van der Waals surface area contributed by atoms with Gasteiger partial charge in [0.2, 0.25) is 5.88 Å². The fourth-order valence-corrected chi connectivity index (χ4v) is 2.84. The third kappa shape index (κ3) is 4.30. The highest BCUT2D eigenvalue weighted by atomic mass is 16.5. The molecule has 1 aromatic heterocycles. The first-order valence-corrected chi connectivity index (χ1v) is 8.18. The molecule has 2 heterocycles. The van der Waals surface area contributed by atoms with Gasteiger partial charge in [-0.25, -0.2) is 0 Å². The number of ether oxygens (including phenoxy) is 1. The van der Waals surface area contributed by atoms with Crippen LogP contribution in [0.25, 0.3) is 0 Å². The molecular weight excluding hydrogens is 264 g/mol. The van der Waals surface area contributed by atoms with Crippen LogP contribution < -0.4 is 15.0 Å². The highest BCUT2D eigenvalue weighted by molar-refractivity contribution is 5.38. The lowest BCUT2D eigenvalue weighted by molar-refractivity contribution is 0.231. The number of hydrogen-bond donors (Lipinski definition) is 1. The molecule has 0 radical (unpaired) electrons. The Kier molecular flexibility index (Phi) is 4.58. The molecule has 1 atom stereocenters. The van der Waals surface area contributed by atoms with Crippen molar-refractivity contribution < 1.29 is 4.74 Å². The van der Waals surface area contributed by atoms with Crippen molar-refractivity contribution in [3.8, 4) is 5.88 Å². The van der Waals surface area contributed by atoms with Crippen molar-refractivity contribution in [2.75, 3.05) is 24.5 Å². The molecule has 1 saturated heterocycles. The Labute approximate surface area is 127 Å². The van der Waals surface area contributed by atoms with Gasteiger partial charge in [0.15, 0.2) is 5.82 Å². The van der Waals surface area contributed by atoms with Crippen molar-refractivity contribution in [1.82, 2.24) is 15.3 Å². The molecule has 116 valence electrons. The summed E-state index contributed by atoms with van der Waals surface area (Å²) in [5, 5.41) is 3.58. The van der Waals surface area contributed by atoms with Crippen molar-refractivity contribution in [2.45, 2.75) is 51.7 Å². The maximum absolute atomic E-state index is 5.68. The summed E-state index contributed by atoms with van der Waals surface area (Å²) in [4.78, 5) is 11.4. The summed E-state index contributed by atoms with van der Waals surface area (Å²) in [6, 6.07) is 0.584. The molecule has 0 aromatic carbocycles. The van der Waals surface area contributed by atoms with Crippen LogP contribution in [0.1, 0.15) is 39.5 Å². The summed E-state index contributed by atoms with van der Waals surface area (Å²) in [6.45, 7) is 7.29. The number of nitrogens with zero attached hydrogens (tertiary/aromatic N) is 3. The highest BCUT2D eigenvalue weighted by Gasteiger charge is 2.27. The molecule has 0 bridgehead atoms. The maximum atomic E-state index is 5.68. The Morgan fingerprint density at radius 3 is 2.81 bits per heavy atom. The zero-order chi connectivity index (χ0) is 14.7. The molecule has 1 aromatic rings. The van der Waals surface area contributed by atoms with Gasteiger partial charge < -0.3 is 15.0 Å². The molecule has 2 fully saturated rings. The standard InChI is InChI=1S/C16H26N4O/c1-12(2)21-16-9-17-8-15(19-16)20(10-13-5-6-13)11-14-4-3-7-18-14/h8-9,12-14,18H,3-7,10-11H2,1-2H3. The van der Waals surface area contributed by atoms with Gasteiger partial charge in [0.25, 0.3) is 0 Å². The monoisotopic (exact) mass is 290 g/mol. The summed E-state index contributed by atoms with van der Waals surface area (Å²) in [5.74, 6) is 2.42. The Morgan fingerprint density at radius 2 is 2.14 bits per heavy atom. The normalized spacial score (nSPS) is 21.8. The Bertz CT molecular complexity index is 455. The Balaban J connectivity index is 1.70. The average Bonchev–Trinajstić information content (AvgIpc) is 3.11. The van der Waals surface area contributed by atoms with E-state index in [1.807, 2.05) is 20.0 Å². The molecule has 0 amide bonds. The van der Waals surface area contributed by atoms with E-state index in [0.717, 1.165) is 31.4 Å². The van der Waals surface area contributed by atoms with E-state index >= 15 is 0 Å². The first-order valence-electron chi connectivity index (χ1n) is 8.18. The number of rotatable bonds is 7. The number of aromatic nitrogens is 2. The minimum Gasteiger partial charge on any atom is -0.474 e. The van der Waals surface area contributed by atoms with Crippen molar-refractivity contribution in [3.05, 3.63) is 12.4 Å². The molecule has 1 unspecified atom stereocenters. The van der Waals surface area contributed by atoms with Crippen LogP contribution in [0.5, 0.6) is 5.88 Å². The molecule has 5 nitrogen and oxygen atoms in total. The van der Waals surface area contributed by atoms with Crippen molar-refractivity contribution in [2.24, 2.45) is 5.92 Å². The van der Waals surface area contributed by atoms with Gasteiger partial charge in [-0.15, -0.1) is 0 Å². The predicted molar refractivity (Wildman–Crippen MR) is 83.8 cm³/mol. The van der Waals surface area contributed by atoms with Gasteiger partial charge in [0.1, 0.15) is 0 Å². The van der Waals surface area contributed by atoms with Crippen molar-refractivity contribution in [1.29, 1.82) is 0 Å². The molecule has 1 saturated carbocycles. The predicted octanol–water partition coefficient (Wildman–Crippen LogP) is 2.23. The van der Waals surface area contributed by atoms with E-state index in [2.05, 4.69) is 20.2 Å². The first kappa shape index (κ1) is 14.6. The number of nitrogens with one attached hydrogen (secondary N) is 1. The summed E-state index contributed by atoms with van der Waals surface area (Å²) in [7, 11) is 0. The van der Waals surface area contributed by atoms with Crippen LogP contribution in [0, 0.1) is 5.92 Å². The highest BCUT2D eigenvalue weighted by Crippen LogP contribution is 2.31. The van der Waals surface area contributed by atoms with E-state index in [1.165, 1.54) is 25.7 Å². The second-order valence-corrected chi connectivity index (χ2v) is 6.52. The van der Waals surface area contributed by atoms with Crippen LogP contribution in [0.3, 0.4) is 0 Å². The summed E-state index contributed by atoms with van der Waals surface area (Å²) in [5.41, 5.74) is 0.